The molecule has 0 fully saturated rings. The van der Waals surface area contributed by atoms with Crippen molar-refractivity contribution in [2.45, 2.75) is 0 Å². The molecule has 0 aliphatic heterocycles. The highest BCUT2D eigenvalue weighted by atomic mass is 32.1. The fourth-order valence-electron chi connectivity index (χ4n) is 17.5. The third-order valence-corrected chi connectivity index (χ3v) is 25.0. The molecule has 24 rings (SSSR count). The summed E-state index contributed by atoms with van der Waals surface area (Å²) in [5, 5.41) is 14.6. The Balaban J connectivity index is 0.000000134. The summed E-state index contributed by atoms with van der Waals surface area (Å²) in [6.45, 7) is 0. The Kier molecular flexibility index (Phi) is 14.6. The molecule has 112 heavy (non-hydrogen) atoms. The van der Waals surface area contributed by atoms with Gasteiger partial charge in [0.2, 0.25) is 11.4 Å². The first-order chi connectivity index (χ1) is 55.5. The fourth-order valence-corrected chi connectivity index (χ4v) is 20.0. The molecule has 16 aromatic carbocycles. The average Bonchev–Trinajstić information content (AvgIpc) is 1.58. The Morgan fingerprint density at radius 3 is 0.866 bits per heavy atom. The van der Waals surface area contributed by atoms with E-state index in [1.807, 2.05) is 34.8 Å². The maximum atomic E-state index is 6.69. The molecule has 524 valence electrons. The van der Waals surface area contributed by atoms with Crippen LogP contribution in [0.4, 0.5) is 0 Å². The predicted octanol–water partition coefficient (Wildman–Crippen LogP) is 29.7. The summed E-state index contributed by atoms with van der Waals surface area (Å²) in [5.74, 6) is 0. The van der Waals surface area contributed by atoms with E-state index in [2.05, 4.69) is 394 Å². The number of fused-ring (bicyclic) bond motifs is 20. The van der Waals surface area contributed by atoms with Crippen LogP contribution < -0.4 is 0 Å². The molecule has 0 unspecified atom stereocenters. The summed E-state index contributed by atoms with van der Waals surface area (Å²) < 4.78 is 25.4. The molecule has 0 spiro atoms. The van der Waals surface area contributed by atoms with Crippen LogP contribution in [0.1, 0.15) is 0 Å². The molecular formula is C104H64N4O2S2. The predicted molar refractivity (Wildman–Crippen MR) is 473 cm³/mol. The van der Waals surface area contributed by atoms with Crippen molar-refractivity contribution >= 4 is 151 Å². The summed E-state index contributed by atoms with van der Waals surface area (Å²) >= 11 is 3.73. The van der Waals surface area contributed by atoms with Gasteiger partial charge in [-0.3, -0.25) is 9.13 Å². The fraction of sp³-hybridized carbons (Fsp3) is 0. The topological polar surface area (TPSA) is 46.0 Å². The molecule has 24 aromatic rings. The molecule has 0 aliphatic rings. The highest BCUT2D eigenvalue weighted by Crippen LogP contribution is 2.49. The molecule has 0 radical (unpaired) electrons. The number of rotatable bonds is 10. The molecule has 8 heteroatoms. The van der Waals surface area contributed by atoms with Crippen molar-refractivity contribution in [2.24, 2.45) is 0 Å². The van der Waals surface area contributed by atoms with Gasteiger partial charge in [-0.15, -0.1) is 22.7 Å². The summed E-state index contributed by atoms with van der Waals surface area (Å²) in [6, 6.07) is 140. The molecule has 0 bridgehead atoms. The first kappa shape index (κ1) is 63.8. The van der Waals surface area contributed by atoms with E-state index in [1.54, 1.807) is 0 Å². The zero-order valence-corrected chi connectivity index (χ0v) is 62.0. The van der Waals surface area contributed by atoms with Crippen LogP contribution in [-0.2, 0) is 0 Å². The van der Waals surface area contributed by atoms with Gasteiger partial charge in [-0.25, -0.2) is 0 Å². The van der Waals surface area contributed by atoms with Crippen LogP contribution in [0.25, 0.3) is 218 Å². The van der Waals surface area contributed by atoms with Gasteiger partial charge < -0.3 is 18.0 Å². The molecular weight excluding hydrogens is 1400 g/mol. The van der Waals surface area contributed by atoms with Crippen LogP contribution in [0.15, 0.2) is 397 Å². The molecule has 0 amide bonds. The lowest BCUT2D eigenvalue weighted by Crippen LogP contribution is -1.94. The number of benzene rings is 16. The highest BCUT2D eigenvalue weighted by molar-refractivity contribution is 7.26. The first-order valence-corrected chi connectivity index (χ1v) is 39.6. The van der Waals surface area contributed by atoms with Gasteiger partial charge in [0.25, 0.3) is 0 Å². The van der Waals surface area contributed by atoms with Gasteiger partial charge in [-0.1, -0.05) is 267 Å². The van der Waals surface area contributed by atoms with Crippen molar-refractivity contribution in [2.75, 3.05) is 0 Å². The third kappa shape index (κ3) is 10.2. The third-order valence-electron chi connectivity index (χ3n) is 22.7. The Bertz CT molecular complexity index is 7380. The summed E-state index contributed by atoms with van der Waals surface area (Å²) in [4.78, 5) is 2.53. The van der Waals surface area contributed by atoms with Gasteiger partial charge in [0.1, 0.15) is 20.8 Å². The van der Waals surface area contributed by atoms with E-state index in [0.717, 1.165) is 72.2 Å². The monoisotopic (exact) mass is 1460 g/mol. The number of furan rings is 2. The van der Waals surface area contributed by atoms with Crippen LogP contribution in [0, 0.1) is 0 Å². The van der Waals surface area contributed by atoms with Crippen molar-refractivity contribution in [1.29, 1.82) is 0 Å². The second-order valence-corrected chi connectivity index (χ2v) is 31.1. The van der Waals surface area contributed by atoms with Crippen molar-refractivity contribution in [1.82, 2.24) is 18.3 Å². The number of aromatic nitrogens is 4. The number of hydrogen-bond acceptors (Lipinski definition) is 4. The van der Waals surface area contributed by atoms with Crippen LogP contribution in [0.2, 0.25) is 0 Å². The minimum absolute atomic E-state index is 0.861. The lowest BCUT2D eigenvalue weighted by molar-refractivity contribution is 0.645. The normalized spacial score (nSPS) is 11.9. The van der Waals surface area contributed by atoms with Crippen molar-refractivity contribution in [3.63, 3.8) is 0 Å². The first-order valence-electron chi connectivity index (χ1n) is 38.0. The van der Waals surface area contributed by atoms with E-state index in [-0.39, 0.29) is 0 Å². The van der Waals surface area contributed by atoms with Gasteiger partial charge in [-0.05, 0) is 188 Å². The maximum absolute atomic E-state index is 6.69. The maximum Gasteiger partial charge on any atom is 0.213 e. The van der Waals surface area contributed by atoms with Gasteiger partial charge in [0, 0.05) is 86.0 Å². The molecule has 8 aromatic heterocycles. The smallest absolute Gasteiger partial charge is 0.213 e. The molecule has 0 atom stereocenters. The minimum Gasteiger partial charge on any atom is -0.439 e. The van der Waals surface area contributed by atoms with E-state index in [9.17, 15) is 0 Å². The van der Waals surface area contributed by atoms with Crippen molar-refractivity contribution in [3.05, 3.63) is 388 Å². The zero-order chi connectivity index (χ0) is 73.5. The van der Waals surface area contributed by atoms with E-state index in [1.165, 1.54) is 146 Å². The standard InChI is InChI=1S/2C52H32N2OS/c1-3-13-33(14-4-1)35-17-11-19-39(29-35)53-45-27-25-37(31-43(45)49-41-21-7-9-23-47(41)55-51(49)53)38-26-28-46-44(32-38)50-42-22-8-10-24-48(42)56-52(50)54(46)40-20-12-18-36(30-40)34-15-5-2-6-16-34;1-3-11-33(12-4-1)35-19-25-39(26-20-35)53-45-29-23-37(31-43(45)49-41-15-7-9-17-47(41)55-51(49)53)38-24-30-46-44(32-38)50-42-16-8-10-18-48(42)56-52(50)54(46)40-27-21-36(22-28-40)34-13-5-2-6-14-34/h2*1-32H. The van der Waals surface area contributed by atoms with Gasteiger partial charge in [0.15, 0.2) is 0 Å². The van der Waals surface area contributed by atoms with E-state index in [0.29, 0.717) is 0 Å². The molecule has 6 nitrogen and oxygen atoms in total. The Labute approximate surface area is 651 Å². The van der Waals surface area contributed by atoms with E-state index >= 15 is 0 Å². The second-order valence-electron chi connectivity index (χ2n) is 29.0. The van der Waals surface area contributed by atoms with Crippen molar-refractivity contribution < 1.29 is 8.83 Å². The van der Waals surface area contributed by atoms with Crippen LogP contribution in [0.5, 0.6) is 0 Å². The van der Waals surface area contributed by atoms with Crippen molar-refractivity contribution in [3.8, 4) is 89.5 Å². The SMILES string of the molecule is c1ccc(-c2ccc(-n3c4ccc(-c5ccc6c(c5)c5c7ccccc7sc5n6-c5ccc(-c6ccccc6)cc5)cc4c4c5ccccc5oc43)cc2)cc1.c1ccc(-c2cccc(-n3c4ccc(-c5ccc6c(c5)c5c7ccccc7sc5n6-c5cccc(-c6ccccc6)c5)cc4c4c5ccccc5oc43)c2)cc1. The number of hydrogen-bond donors (Lipinski definition) is 0. The molecule has 0 saturated carbocycles. The largest absolute Gasteiger partial charge is 0.439 e. The summed E-state index contributed by atoms with van der Waals surface area (Å²) in [6.07, 6.45) is 0. The highest BCUT2D eigenvalue weighted by Gasteiger charge is 2.26. The molecule has 8 heterocycles. The van der Waals surface area contributed by atoms with E-state index in [4.69, 9.17) is 8.83 Å². The summed E-state index contributed by atoms with van der Waals surface area (Å²) in [5.41, 5.74) is 27.0. The number of nitrogens with zero attached hydrogens (tertiary/aromatic N) is 4. The summed E-state index contributed by atoms with van der Waals surface area (Å²) in [7, 11) is 0. The van der Waals surface area contributed by atoms with Gasteiger partial charge >= 0.3 is 0 Å². The van der Waals surface area contributed by atoms with Gasteiger partial charge in [-0.2, -0.15) is 0 Å². The minimum atomic E-state index is 0.861. The quantitative estimate of drug-likeness (QED) is 0.137. The zero-order valence-electron chi connectivity index (χ0n) is 60.4. The Morgan fingerprint density at radius 2 is 0.455 bits per heavy atom. The lowest BCUT2D eigenvalue weighted by Gasteiger charge is -2.11. The average molecular weight is 1470 g/mol. The van der Waals surface area contributed by atoms with Gasteiger partial charge in [0.05, 0.1) is 32.8 Å². The second kappa shape index (κ2) is 25.7. The van der Waals surface area contributed by atoms with E-state index < -0.39 is 0 Å². The van der Waals surface area contributed by atoms with Crippen LogP contribution in [-0.4, -0.2) is 18.3 Å². The Hall–Kier alpha value is -14.3. The Morgan fingerprint density at radius 1 is 0.179 bits per heavy atom. The molecule has 0 aliphatic carbocycles. The lowest BCUT2D eigenvalue weighted by atomic mass is 10.00. The molecule has 0 N–H and O–H groups in total. The number of para-hydroxylation sites is 2. The van der Waals surface area contributed by atoms with Crippen LogP contribution >= 0.6 is 22.7 Å². The molecule has 0 saturated heterocycles. The van der Waals surface area contributed by atoms with Crippen LogP contribution in [0.3, 0.4) is 0 Å². The number of thiophene rings is 2.